The highest BCUT2D eigenvalue weighted by molar-refractivity contribution is 6.32. The van der Waals surface area contributed by atoms with Crippen LogP contribution in [0.2, 0.25) is 10.3 Å². The molecule has 1 saturated heterocycles. The number of likely N-dealkylation sites (tertiary alicyclic amines) is 1. The second kappa shape index (κ2) is 6.73. The Morgan fingerprint density at radius 2 is 2.00 bits per heavy atom. The average Bonchev–Trinajstić information content (AvgIpc) is 2.84. The molecule has 0 spiro atoms. The fourth-order valence-electron chi connectivity index (χ4n) is 3.96. The molecule has 0 bridgehead atoms. The fourth-order valence-corrected chi connectivity index (χ4v) is 4.47. The van der Waals surface area contributed by atoms with Crippen molar-refractivity contribution in [1.29, 1.82) is 0 Å². The predicted molar refractivity (Wildman–Crippen MR) is 86.0 cm³/mol. The topological polar surface area (TPSA) is 42.4 Å². The van der Waals surface area contributed by atoms with E-state index >= 15 is 0 Å². The van der Waals surface area contributed by atoms with Gasteiger partial charge in [-0.25, -0.2) is 4.98 Å². The van der Waals surface area contributed by atoms with Crippen molar-refractivity contribution in [2.45, 2.75) is 50.7 Å². The number of carbonyl (C=O) groups excluding carboxylic acids is 1. The molecular formula is C16H20Cl2N2O2. The van der Waals surface area contributed by atoms with E-state index < -0.39 is 0 Å². The van der Waals surface area contributed by atoms with E-state index in [1.807, 2.05) is 12.1 Å². The lowest BCUT2D eigenvalue weighted by Gasteiger charge is -2.33. The SMILES string of the molecule is COC(=O)[C@@H]1C[C@@H]2CCCC[C@H]2N1Cc1cc(Cl)nc(Cl)c1. The van der Waals surface area contributed by atoms with Crippen LogP contribution in [-0.4, -0.2) is 35.0 Å². The molecular weight excluding hydrogens is 323 g/mol. The van der Waals surface area contributed by atoms with Gasteiger partial charge in [-0.3, -0.25) is 9.69 Å². The maximum atomic E-state index is 12.2. The second-order valence-corrected chi connectivity index (χ2v) is 6.95. The summed E-state index contributed by atoms with van der Waals surface area (Å²) in [4.78, 5) is 18.4. The van der Waals surface area contributed by atoms with Crippen LogP contribution in [0.4, 0.5) is 0 Å². The molecule has 1 aliphatic heterocycles. The summed E-state index contributed by atoms with van der Waals surface area (Å²) in [6.45, 7) is 0.656. The van der Waals surface area contributed by atoms with Gasteiger partial charge in [-0.15, -0.1) is 0 Å². The Hall–Kier alpha value is -0.840. The Balaban J connectivity index is 1.84. The number of esters is 1. The lowest BCUT2D eigenvalue weighted by Crippen LogP contribution is -2.42. The number of hydrogen-bond acceptors (Lipinski definition) is 4. The lowest BCUT2D eigenvalue weighted by molar-refractivity contribution is -0.146. The number of aromatic nitrogens is 1. The molecule has 3 atom stereocenters. The molecule has 0 unspecified atom stereocenters. The zero-order chi connectivity index (χ0) is 15.7. The third-order valence-corrected chi connectivity index (χ3v) is 5.27. The summed E-state index contributed by atoms with van der Waals surface area (Å²) < 4.78 is 5.01. The summed E-state index contributed by atoms with van der Waals surface area (Å²) in [5.41, 5.74) is 0.991. The third kappa shape index (κ3) is 3.24. The number of pyridine rings is 1. The Kier molecular flexibility index (Phi) is 4.91. The van der Waals surface area contributed by atoms with Crippen LogP contribution < -0.4 is 0 Å². The first-order valence-corrected chi connectivity index (χ1v) is 8.49. The summed E-state index contributed by atoms with van der Waals surface area (Å²) >= 11 is 12.0. The van der Waals surface area contributed by atoms with Crippen molar-refractivity contribution < 1.29 is 9.53 Å². The maximum Gasteiger partial charge on any atom is 0.323 e. The number of carbonyl (C=O) groups is 1. The normalized spacial score (nSPS) is 28.4. The van der Waals surface area contributed by atoms with Gasteiger partial charge in [0.25, 0.3) is 0 Å². The fraction of sp³-hybridized carbons (Fsp3) is 0.625. The van der Waals surface area contributed by atoms with E-state index in [2.05, 4.69) is 9.88 Å². The highest BCUT2D eigenvalue weighted by Crippen LogP contribution is 2.41. The molecule has 0 N–H and O–H groups in total. The van der Waals surface area contributed by atoms with Gasteiger partial charge in [-0.05, 0) is 42.9 Å². The molecule has 22 heavy (non-hydrogen) atoms. The Morgan fingerprint density at radius 3 is 2.68 bits per heavy atom. The number of methoxy groups -OCH3 is 1. The van der Waals surface area contributed by atoms with Crippen LogP contribution in [0.1, 0.15) is 37.7 Å². The maximum absolute atomic E-state index is 12.2. The summed E-state index contributed by atoms with van der Waals surface area (Å²) in [5, 5.41) is 0.771. The molecule has 6 heteroatoms. The molecule has 1 saturated carbocycles. The Bertz CT molecular complexity index is 547. The standard InChI is InChI=1S/C16H20Cl2N2O2/c1-22-16(21)13-8-11-4-2-3-5-12(11)20(13)9-10-6-14(17)19-15(18)7-10/h6-7,11-13H,2-5,8-9H2,1H3/t11-,12+,13-/m0/s1. The van der Waals surface area contributed by atoms with E-state index in [0.717, 1.165) is 18.4 Å². The number of fused-ring (bicyclic) bond motifs is 1. The van der Waals surface area contributed by atoms with Crippen molar-refractivity contribution in [3.63, 3.8) is 0 Å². The van der Waals surface area contributed by atoms with Crippen molar-refractivity contribution in [3.8, 4) is 0 Å². The van der Waals surface area contributed by atoms with Gasteiger partial charge in [0.15, 0.2) is 0 Å². The van der Waals surface area contributed by atoms with Crippen molar-refractivity contribution in [2.24, 2.45) is 5.92 Å². The molecule has 120 valence electrons. The van der Waals surface area contributed by atoms with E-state index in [9.17, 15) is 4.79 Å². The van der Waals surface area contributed by atoms with Crippen LogP contribution >= 0.6 is 23.2 Å². The van der Waals surface area contributed by atoms with Gasteiger partial charge in [-0.2, -0.15) is 0 Å². The Labute approximate surface area is 140 Å². The number of rotatable bonds is 3. The molecule has 1 aromatic rings. The average molecular weight is 343 g/mol. The summed E-state index contributed by atoms with van der Waals surface area (Å²) in [7, 11) is 1.46. The molecule has 4 nitrogen and oxygen atoms in total. The van der Waals surface area contributed by atoms with E-state index in [-0.39, 0.29) is 12.0 Å². The summed E-state index contributed by atoms with van der Waals surface area (Å²) in [6, 6.07) is 3.92. The van der Waals surface area contributed by atoms with Gasteiger partial charge in [0.1, 0.15) is 16.3 Å². The molecule has 2 heterocycles. The Morgan fingerprint density at radius 1 is 1.32 bits per heavy atom. The number of nitrogens with zero attached hydrogens (tertiary/aromatic N) is 2. The highest BCUT2D eigenvalue weighted by Gasteiger charge is 2.45. The van der Waals surface area contributed by atoms with Gasteiger partial charge in [-0.1, -0.05) is 36.0 Å². The van der Waals surface area contributed by atoms with Crippen molar-refractivity contribution in [2.75, 3.05) is 7.11 Å². The van der Waals surface area contributed by atoms with Crippen molar-refractivity contribution in [1.82, 2.24) is 9.88 Å². The number of hydrogen-bond donors (Lipinski definition) is 0. The molecule has 2 aliphatic rings. The quantitative estimate of drug-likeness (QED) is 0.620. The molecule has 0 radical (unpaired) electrons. The number of ether oxygens (including phenoxy) is 1. The number of halogens is 2. The minimum Gasteiger partial charge on any atom is -0.468 e. The monoisotopic (exact) mass is 342 g/mol. The minimum absolute atomic E-state index is 0.138. The lowest BCUT2D eigenvalue weighted by atomic mass is 9.84. The van der Waals surface area contributed by atoms with Gasteiger partial charge in [0, 0.05) is 12.6 Å². The van der Waals surface area contributed by atoms with Crippen LogP contribution in [0.3, 0.4) is 0 Å². The molecule has 0 aromatic carbocycles. The first-order chi connectivity index (χ1) is 10.6. The molecule has 1 aliphatic carbocycles. The zero-order valence-corrected chi connectivity index (χ0v) is 14.1. The second-order valence-electron chi connectivity index (χ2n) is 6.18. The van der Waals surface area contributed by atoms with Gasteiger partial charge in [0.05, 0.1) is 7.11 Å². The highest BCUT2D eigenvalue weighted by atomic mass is 35.5. The van der Waals surface area contributed by atoms with E-state index in [1.54, 1.807) is 0 Å². The van der Waals surface area contributed by atoms with E-state index in [0.29, 0.717) is 28.8 Å². The van der Waals surface area contributed by atoms with Crippen LogP contribution in [0.15, 0.2) is 12.1 Å². The molecule has 0 amide bonds. The van der Waals surface area contributed by atoms with Crippen LogP contribution in [0.25, 0.3) is 0 Å². The van der Waals surface area contributed by atoms with Crippen LogP contribution in [-0.2, 0) is 16.1 Å². The van der Waals surface area contributed by atoms with Gasteiger partial charge in [0.2, 0.25) is 0 Å². The van der Waals surface area contributed by atoms with Crippen LogP contribution in [0.5, 0.6) is 0 Å². The first-order valence-electron chi connectivity index (χ1n) is 7.74. The summed E-state index contributed by atoms with van der Waals surface area (Å²) in [6.07, 6.45) is 5.72. The smallest absolute Gasteiger partial charge is 0.323 e. The zero-order valence-electron chi connectivity index (χ0n) is 12.6. The van der Waals surface area contributed by atoms with Crippen molar-refractivity contribution >= 4 is 29.2 Å². The van der Waals surface area contributed by atoms with Gasteiger partial charge < -0.3 is 4.74 Å². The molecule has 3 rings (SSSR count). The molecule has 1 aromatic heterocycles. The van der Waals surface area contributed by atoms with E-state index in [4.69, 9.17) is 27.9 Å². The van der Waals surface area contributed by atoms with Crippen molar-refractivity contribution in [3.05, 3.63) is 28.0 Å². The van der Waals surface area contributed by atoms with Crippen LogP contribution in [0, 0.1) is 5.92 Å². The largest absolute Gasteiger partial charge is 0.468 e. The summed E-state index contributed by atoms with van der Waals surface area (Å²) in [5.74, 6) is 0.450. The molecule has 2 fully saturated rings. The van der Waals surface area contributed by atoms with Gasteiger partial charge >= 0.3 is 5.97 Å². The predicted octanol–water partition coefficient (Wildman–Crippen LogP) is 3.69. The third-order valence-electron chi connectivity index (χ3n) is 4.88. The minimum atomic E-state index is -0.163. The first kappa shape index (κ1) is 16.0. The van der Waals surface area contributed by atoms with E-state index in [1.165, 1.54) is 26.4 Å².